The number of aryl methyl sites for hydroxylation is 1. The number of nitrogens with two attached hydrogens (primary N) is 1. The number of urea groups is 1. The summed E-state index contributed by atoms with van der Waals surface area (Å²) < 4.78 is 1.50. The second kappa shape index (κ2) is 13.7. The molecule has 0 saturated carbocycles. The van der Waals surface area contributed by atoms with Gasteiger partial charge in [-0.3, -0.25) is 9.78 Å². The zero-order valence-electron chi connectivity index (χ0n) is 25.9. The van der Waals surface area contributed by atoms with E-state index in [1.54, 1.807) is 11.0 Å². The molecule has 3 aliphatic rings. The largest absolute Gasteiger partial charge is 0.397 e. The minimum absolute atomic E-state index is 0.0692. The highest BCUT2D eigenvalue weighted by Crippen LogP contribution is 2.27. The van der Waals surface area contributed by atoms with Gasteiger partial charge in [-0.05, 0) is 75.7 Å². The van der Waals surface area contributed by atoms with E-state index in [-0.39, 0.29) is 23.7 Å². The molecule has 0 aliphatic carbocycles. The summed E-state index contributed by atoms with van der Waals surface area (Å²) in [5.41, 5.74) is 8.88. The average molecular weight is 635 g/mol. The lowest BCUT2D eigenvalue weighted by molar-refractivity contribution is -0.134. The maximum absolute atomic E-state index is 14.0. The monoisotopic (exact) mass is 634 g/mol. The van der Waals surface area contributed by atoms with Crippen LogP contribution in [0.25, 0.3) is 11.4 Å². The average Bonchev–Trinajstić information content (AvgIpc) is 3.74. The molecule has 11 nitrogen and oxygen atoms in total. The highest BCUT2D eigenvalue weighted by molar-refractivity contribution is 6.33. The molecule has 4 N–H and O–H groups in total. The van der Waals surface area contributed by atoms with Gasteiger partial charge in [0.2, 0.25) is 5.91 Å². The number of benzene rings is 2. The fourth-order valence-electron chi connectivity index (χ4n) is 7.02. The summed E-state index contributed by atoms with van der Waals surface area (Å²) in [5.74, 6) is 0.463. The number of H-pyrrole nitrogens is 1. The lowest BCUT2D eigenvalue weighted by Gasteiger charge is -2.38. The number of likely N-dealkylation sites (tertiary alicyclic amines) is 3. The van der Waals surface area contributed by atoms with Crippen molar-refractivity contribution in [2.45, 2.75) is 70.0 Å². The number of amides is 3. The molecule has 1 atom stereocenters. The Bertz CT molecular complexity index is 1530. The van der Waals surface area contributed by atoms with Crippen LogP contribution in [-0.2, 0) is 11.2 Å². The number of nitrogen functional groups attached to an aromatic ring is 1. The Balaban J connectivity index is 1.11. The van der Waals surface area contributed by atoms with Crippen LogP contribution in [0.4, 0.5) is 10.5 Å². The number of piperidine rings is 2. The maximum Gasteiger partial charge on any atom is 0.343 e. The zero-order valence-corrected chi connectivity index (χ0v) is 26.6. The number of nitrogens with one attached hydrogen (secondary N) is 2. The van der Waals surface area contributed by atoms with Gasteiger partial charge in [-0.1, -0.05) is 48.0 Å². The van der Waals surface area contributed by atoms with Crippen LogP contribution in [0.5, 0.6) is 0 Å². The van der Waals surface area contributed by atoms with E-state index in [0.717, 1.165) is 42.6 Å². The molecule has 2 aromatic carbocycles. The van der Waals surface area contributed by atoms with Gasteiger partial charge in [0.15, 0.2) is 5.82 Å². The molecule has 12 heteroatoms. The van der Waals surface area contributed by atoms with Crippen molar-refractivity contribution in [3.05, 3.63) is 69.1 Å². The summed E-state index contributed by atoms with van der Waals surface area (Å²) in [4.78, 5) is 49.3. The van der Waals surface area contributed by atoms with Crippen LogP contribution in [0.1, 0.15) is 55.7 Å². The molecule has 0 radical (unpaired) electrons. The lowest BCUT2D eigenvalue weighted by Crippen LogP contribution is -2.56. The summed E-state index contributed by atoms with van der Waals surface area (Å²) in [6.45, 7) is 6.45. The Morgan fingerprint density at radius 2 is 1.62 bits per heavy atom. The Kier molecular flexibility index (Phi) is 9.46. The fraction of sp³-hybridized carbons (Fsp3) is 0.515. The minimum atomic E-state index is -0.736. The molecule has 6 rings (SSSR count). The van der Waals surface area contributed by atoms with Gasteiger partial charge >= 0.3 is 11.7 Å². The molecule has 1 aromatic heterocycles. The van der Waals surface area contributed by atoms with Crippen LogP contribution < -0.4 is 16.7 Å². The molecule has 0 unspecified atom stereocenters. The number of aromatic nitrogens is 3. The van der Waals surface area contributed by atoms with Crippen molar-refractivity contribution in [1.82, 2.24) is 34.8 Å². The number of hydrogen-bond acceptors (Lipinski definition) is 6. The zero-order chi connectivity index (χ0) is 31.5. The Labute approximate surface area is 268 Å². The van der Waals surface area contributed by atoms with Gasteiger partial charge in [0.1, 0.15) is 6.04 Å². The second-order valence-corrected chi connectivity index (χ2v) is 13.0. The summed E-state index contributed by atoms with van der Waals surface area (Å²) in [7, 11) is 0. The van der Waals surface area contributed by atoms with E-state index >= 15 is 0 Å². The van der Waals surface area contributed by atoms with Gasteiger partial charge in [-0.2, -0.15) is 0 Å². The molecule has 0 bridgehead atoms. The molecule has 240 valence electrons. The molecule has 3 saturated heterocycles. The topological polar surface area (TPSA) is 133 Å². The number of aromatic amines is 1. The first-order valence-electron chi connectivity index (χ1n) is 16.1. The number of halogens is 1. The normalized spacial score (nSPS) is 19.2. The summed E-state index contributed by atoms with van der Waals surface area (Å²) >= 11 is 6.40. The maximum atomic E-state index is 14.0. The number of carbonyl (C=O) groups excluding carboxylic acids is 2. The Morgan fingerprint density at radius 1 is 0.978 bits per heavy atom. The van der Waals surface area contributed by atoms with E-state index in [9.17, 15) is 14.4 Å². The minimum Gasteiger partial charge on any atom is -0.397 e. The van der Waals surface area contributed by atoms with E-state index in [4.69, 9.17) is 17.3 Å². The quantitative estimate of drug-likeness (QED) is 0.339. The van der Waals surface area contributed by atoms with E-state index in [2.05, 4.69) is 20.3 Å². The molecule has 4 heterocycles. The Morgan fingerprint density at radius 3 is 2.29 bits per heavy atom. The highest BCUT2D eigenvalue weighted by atomic mass is 35.5. The van der Waals surface area contributed by atoms with Crippen molar-refractivity contribution in [2.24, 2.45) is 0 Å². The van der Waals surface area contributed by atoms with Crippen LogP contribution in [0, 0.1) is 6.92 Å². The fourth-order valence-corrected chi connectivity index (χ4v) is 7.31. The van der Waals surface area contributed by atoms with Crippen molar-refractivity contribution in [1.29, 1.82) is 0 Å². The molecular weight excluding hydrogens is 592 g/mol. The van der Waals surface area contributed by atoms with Crippen LogP contribution >= 0.6 is 11.6 Å². The first kappa shape index (κ1) is 31.2. The van der Waals surface area contributed by atoms with E-state index in [1.165, 1.54) is 17.5 Å². The van der Waals surface area contributed by atoms with Crippen molar-refractivity contribution >= 4 is 29.2 Å². The summed E-state index contributed by atoms with van der Waals surface area (Å²) in [5, 5.41) is 8.06. The lowest BCUT2D eigenvalue weighted by atomic mass is 9.99. The van der Waals surface area contributed by atoms with Gasteiger partial charge in [0, 0.05) is 44.2 Å². The molecule has 3 fully saturated rings. The third-order valence-corrected chi connectivity index (χ3v) is 9.96. The van der Waals surface area contributed by atoms with E-state index < -0.39 is 6.04 Å². The summed E-state index contributed by atoms with van der Waals surface area (Å²) in [6.07, 6.45) is 5.89. The first-order valence-corrected chi connectivity index (χ1v) is 16.5. The van der Waals surface area contributed by atoms with Crippen molar-refractivity contribution in [3.8, 4) is 11.4 Å². The van der Waals surface area contributed by atoms with Crippen molar-refractivity contribution in [2.75, 3.05) is 45.0 Å². The number of nitrogens with zero attached hydrogens (tertiary/aromatic N) is 5. The first-order chi connectivity index (χ1) is 21.8. The Hall–Kier alpha value is -3.83. The van der Waals surface area contributed by atoms with E-state index in [0.29, 0.717) is 68.0 Å². The van der Waals surface area contributed by atoms with Crippen LogP contribution in [-0.4, -0.2) is 92.8 Å². The van der Waals surface area contributed by atoms with E-state index in [1.807, 2.05) is 48.2 Å². The van der Waals surface area contributed by atoms with Gasteiger partial charge in [-0.25, -0.2) is 14.3 Å². The SMILES string of the molecule is Cc1cc(C[C@@H](NC(=O)N2CCC(n3nc(-c4ccccc4)[nH]c3=O)CC2)C(=O)N2CCC(N3CCCC3)CC2)cc(Cl)c1N. The van der Waals surface area contributed by atoms with Gasteiger partial charge < -0.3 is 25.8 Å². The molecule has 3 amide bonds. The molecule has 3 aromatic rings. The highest BCUT2D eigenvalue weighted by Gasteiger charge is 2.34. The number of hydrogen-bond donors (Lipinski definition) is 3. The molecular formula is C33H43ClN8O3. The van der Waals surface area contributed by atoms with Crippen molar-refractivity contribution < 1.29 is 9.59 Å². The predicted octanol–water partition coefficient (Wildman–Crippen LogP) is 3.83. The summed E-state index contributed by atoms with van der Waals surface area (Å²) in [6, 6.07) is 12.6. The van der Waals surface area contributed by atoms with Crippen LogP contribution in [0.3, 0.4) is 0 Å². The van der Waals surface area contributed by atoms with Crippen LogP contribution in [0.15, 0.2) is 47.3 Å². The third kappa shape index (κ3) is 7.04. The standard InChI is InChI=1S/C33H43ClN8O3/c1-22-19-23(20-27(34)29(22)35)21-28(31(43)40-15-9-25(10-16-40)39-13-5-6-14-39)36-32(44)41-17-11-26(12-18-41)42-33(45)37-30(38-42)24-7-3-2-4-8-24/h2-4,7-8,19-20,25-26,28H,5-6,9-18,21,35H2,1H3,(H,36,44)(H,37,38,45)/t28-/m1/s1. The third-order valence-electron chi connectivity index (χ3n) is 9.65. The van der Waals surface area contributed by atoms with Gasteiger partial charge in [0.05, 0.1) is 16.8 Å². The second-order valence-electron chi connectivity index (χ2n) is 12.6. The number of carbonyl (C=O) groups is 2. The predicted molar refractivity (Wildman–Crippen MR) is 175 cm³/mol. The smallest absolute Gasteiger partial charge is 0.343 e. The molecule has 45 heavy (non-hydrogen) atoms. The molecule has 3 aliphatic heterocycles. The van der Waals surface area contributed by atoms with Gasteiger partial charge in [-0.15, -0.1) is 5.10 Å². The number of anilines is 1. The van der Waals surface area contributed by atoms with Crippen molar-refractivity contribution in [3.63, 3.8) is 0 Å². The van der Waals surface area contributed by atoms with Gasteiger partial charge in [0.25, 0.3) is 0 Å². The number of rotatable bonds is 7. The van der Waals surface area contributed by atoms with Crippen LogP contribution in [0.2, 0.25) is 5.02 Å². The molecule has 0 spiro atoms.